The fourth-order valence-corrected chi connectivity index (χ4v) is 3.41. The fraction of sp³-hybridized carbons (Fsp3) is 0.174. The Bertz CT molecular complexity index is 1110. The van der Waals surface area contributed by atoms with E-state index in [0.717, 1.165) is 33.5 Å². The number of H-pyrrole nitrogens is 1. The minimum atomic E-state index is -0.279. The number of aryl methyl sites for hydroxylation is 1. The lowest BCUT2D eigenvalue weighted by molar-refractivity contribution is -0.121. The molecule has 2 N–H and O–H groups in total. The second-order valence-corrected chi connectivity index (χ2v) is 6.83. The molecule has 1 amide bonds. The minimum absolute atomic E-state index is 0.0268. The number of amides is 1. The van der Waals surface area contributed by atoms with E-state index in [2.05, 4.69) is 20.3 Å². The molecule has 4 rings (SSSR count). The number of nitrogens with one attached hydrogen (secondary N) is 2. The average Bonchev–Trinajstić information content (AvgIpc) is 3.11. The lowest BCUT2D eigenvalue weighted by Crippen LogP contribution is -2.23. The molecule has 3 heterocycles. The van der Waals surface area contributed by atoms with Crippen LogP contribution in [0.5, 0.6) is 0 Å². The van der Waals surface area contributed by atoms with Gasteiger partial charge in [-0.15, -0.1) is 0 Å². The van der Waals surface area contributed by atoms with Crippen molar-refractivity contribution < 1.29 is 9.18 Å². The van der Waals surface area contributed by atoms with Crippen LogP contribution in [0.1, 0.15) is 24.1 Å². The molecule has 0 aliphatic heterocycles. The van der Waals surface area contributed by atoms with Crippen LogP contribution in [0.4, 0.5) is 4.39 Å². The maximum atomic E-state index is 13.8. The molecular weight excluding hydrogens is 367 g/mol. The third-order valence-corrected chi connectivity index (χ3v) is 4.81. The largest absolute Gasteiger partial charge is 0.353 e. The number of benzene rings is 1. The highest BCUT2D eigenvalue weighted by Gasteiger charge is 2.15. The minimum Gasteiger partial charge on any atom is -0.353 e. The van der Waals surface area contributed by atoms with E-state index < -0.39 is 0 Å². The van der Waals surface area contributed by atoms with Gasteiger partial charge in [0.2, 0.25) is 5.91 Å². The van der Waals surface area contributed by atoms with Crippen LogP contribution in [-0.4, -0.2) is 20.9 Å². The second kappa shape index (κ2) is 8.65. The molecular formula is C23H21FN4O. The first-order chi connectivity index (χ1) is 14.2. The van der Waals surface area contributed by atoms with Gasteiger partial charge in [-0.05, 0) is 60.9 Å². The van der Waals surface area contributed by atoms with E-state index in [1.165, 1.54) is 12.1 Å². The summed E-state index contributed by atoms with van der Waals surface area (Å²) in [5.41, 5.74) is 4.35. The monoisotopic (exact) mass is 388 g/mol. The number of carbonyl (C=O) groups excluding carboxylic acids is 1. The number of fused-ring (bicyclic) bond motifs is 1. The molecule has 0 saturated heterocycles. The topological polar surface area (TPSA) is 70.7 Å². The molecule has 5 nitrogen and oxygen atoms in total. The first-order valence-corrected chi connectivity index (χ1v) is 9.59. The van der Waals surface area contributed by atoms with Gasteiger partial charge in [-0.1, -0.05) is 12.1 Å². The zero-order valence-corrected chi connectivity index (χ0v) is 15.9. The molecule has 0 saturated carbocycles. The van der Waals surface area contributed by atoms with E-state index in [1.54, 1.807) is 18.5 Å². The maximum absolute atomic E-state index is 13.8. The smallest absolute Gasteiger partial charge is 0.220 e. The molecule has 146 valence electrons. The first kappa shape index (κ1) is 18.8. The normalized spacial score (nSPS) is 10.9. The van der Waals surface area contributed by atoms with E-state index in [0.29, 0.717) is 25.8 Å². The predicted molar refractivity (Wildman–Crippen MR) is 111 cm³/mol. The van der Waals surface area contributed by atoms with Crippen LogP contribution in [0.15, 0.2) is 67.0 Å². The van der Waals surface area contributed by atoms with Crippen molar-refractivity contribution in [1.29, 1.82) is 0 Å². The number of aromatic nitrogens is 3. The molecule has 0 bridgehead atoms. The van der Waals surface area contributed by atoms with Crippen molar-refractivity contribution in [1.82, 2.24) is 20.3 Å². The summed E-state index contributed by atoms with van der Waals surface area (Å²) in [4.78, 5) is 24.2. The van der Waals surface area contributed by atoms with Gasteiger partial charge in [-0.25, -0.2) is 4.39 Å². The van der Waals surface area contributed by atoms with Crippen molar-refractivity contribution in [3.05, 3.63) is 84.1 Å². The predicted octanol–water partition coefficient (Wildman–Crippen LogP) is 4.40. The van der Waals surface area contributed by atoms with Crippen LogP contribution in [0, 0.1) is 5.82 Å². The van der Waals surface area contributed by atoms with Gasteiger partial charge >= 0.3 is 0 Å². The summed E-state index contributed by atoms with van der Waals surface area (Å²) in [6.45, 7) is 0.414. The molecule has 0 aliphatic rings. The van der Waals surface area contributed by atoms with Gasteiger partial charge in [0.15, 0.2) is 0 Å². The molecule has 0 radical (unpaired) electrons. The third kappa shape index (κ3) is 4.48. The Morgan fingerprint density at radius 1 is 1.03 bits per heavy atom. The Morgan fingerprint density at radius 2 is 1.86 bits per heavy atom. The van der Waals surface area contributed by atoms with Crippen molar-refractivity contribution in [3.8, 4) is 11.4 Å². The zero-order valence-electron chi connectivity index (χ0n) is 15.9. The summed E-state index contributed by atoms with van der Waals surface area (Å²) >= 11 is 0. The number of halogens is 1. The Morgan fingerprint density at radius 3 is 2.62 bits per heavy atom. The van der Waals surface area contributed by atoms with Gasteiger partial charge in [-0.2, -0.15) is 0 Å². The SMILES string of the molecule is O=C(CCCc1c(-c2ccccn2)[nH]c2ccc(F)cc12)NCc1ccccn1. The number of hydrogen-bond acceptors (Lipinski definition) is 3. The number of rotatable bonds is 7. The number of aromatic amines is 1. The van der Waals surface area contributed by atoms with Gasteiger partial charge in [0.25, 0.3) is 0 Å². The number of carbonyl (C=O) groups is 1. The summed E-state index contributed by atoms with van der Waals surface area (Å²) < 4.78 is 13.8. The lowest BCUT2D eigenvalue weighted by Gasteiger charge is -2.06. The van der Waals surface area contributed by atoms with Gasteiger partial charge in [-0.3, -0.25) is 14.8 Å². The highest BCUT2D eigenvalue weighted by molar-refractivity contribution is 5.90. The van der Waals surface area contributed by atoms with E-state index in [4.69, 9.17) is 0 Å². The summed E-state index contributed by atoms with van der Waals surface area (Å²) in [6.07, 6.45) is 5.12. The van der Waals surface area contributed by atoms with Gasteiger partial charge in [0.05, 0.1) is 23.6 Å². The molecule has 0 fully saturated rings. The van der Waals surface area contributed by atoms with Crippen molar-refractivity contribution in [2.75, 3.05) is 0 Å². The van der Waals surface area contributed by atoms with Crippen LogP contribution in [0.2, 0.25) is 0 Å². The van der Waals surface area contributed by atoms with Crippen molar-refractivity contribution in [3.63, 3.8) is 0 Å². The average molecular weight is 388 g/mol. The Hall–Kier alpha value is -3.54. The number of nitrogens with zero attached hydrogens (tertiary/aromatic N) is 2. The number of pyridine rings is 2. The molecule has 0 aliphatic carbocycles. The first-order valence-electron chi connectivity index (χ1n) is 9.59. The zero-order chi connectivity index (χ0) is 20.1. The fourth-order valence-electron chi connectivity index (χ4n) is 3.41. The van der Waals surface area contributed by atoms with E-state index >= 15 is 0 Å². The van der Waals surface area contributed by atoms with E-state index in [-0.39, 0.29) is 11.7 Å². The van der Waals surface area contributed by atoms with Gasteiger partial charge in [0, 0.05) is 29.7 Å². The molecule has 0 spiro atoms. The summed E-state index contributed by atoms with van der Waals surface area (Å²) in [7, 11) is 0. The molecule has 0 unspecified atom stereocenters. The van der Waals surface area contributed by atoms with Crippen molar-refractivity contribution in [2.45, 2.75) is 25.8 Å². The van der Waals surface area contributed by atoms with Crippen molar-refractivity contribution >= 4 is 16.8 Å². The molecule has 0 atom stereocenters. The Balaban J connectivity index is 1.47. The summed E-state index contributed by atoms with van der Waals surface area (Å²) in [5, 5.41) is 3.72. The molecule has 6 heteroatoms. The van der Waals surface area contributed by atoms with Gasteiger partial charge in [0.1, 0.15) is 5.82 Å². The maximum Gasteiger partial charge on any atom is 0.220 e. The quantitative estimate of drug-likeness (QED) is 0.493. The third-order valence-electron chi connectivity index (χ3n) is 4.81. The Labute approximate surface area is 168 Å². The molecule has 1 aromatic carbocycles. The highest BCUT2D eigenvalue weighted by atomic mass is 19.1. The van der Waals surface area contributed by atoms with E-state index in [9.17, 15) is 9.18 Å². The van der Waals surface area contributed by atoms with Crippen LogP contribution in [0.25, 0.3) is 22.3 Å². The summed E-state index contributed by atoms with van der Waals surface area (Å²) in [5.74, 6) is -0.306. The highest BCUT2D eigenvalue weighted by Crippen LogP contribution is 2.31. The van der Waals surface area contributed by atoms with Crippen LogP contribution in [-0.2, 0) is 17.8 Å². The van der Waals surface area contributed by atoms with E-state index in [1.807, 2.05) is 36.4 Å². The van der Waals surface area contributed by atoms with Crippen LogP contribution in [0.3, 0.4) is 0 Å². The van der Waals surface area contributed by atoms with Crippen LogP contribution < -0.4 is 5.32 Å². The Kier molecular flexibility index (Phi) is 5.61. The molecule has 4 aromatic rings. The van der Waals surface area contributed by atoms with Gasteiger partial charge < -0.3 is 10.3 Å². The van der Waals surface area contributed by atoms with Crippen LogP contribution >= 0.6 is 0 Å². The second-order valence-electron chi connectivity index (χ2n) is 6.83. The van der Waals surface area contributed by atoms with Crippen molar-refractivity contribution in [2.24, 2.45) is 0 Å². The lowest BCUT2D eigenvalue weighted by atomic mass is 10.0. The number of hydrogen-bond donors (Lipinski definition) is 2. The summed E-state index contributed by atoms with van der Waals surface area (Å²) in [6, 6.07) is 16.0. The standard InChI is InChI=1S/C23H21FN4O/c24-16-10-11-20-19(14-16)18(23(28-20)21-8-2-4-13-26-21)7-5-9-22(29)27-15-17-6-1-3-12-25-17/h1-4,6,8,10-14,28H,5,7,9,15H2,(H,27,29). The molecule has 3 aromatic heterocycles. The molecule has 29 heavy (non-hydrogen) atoms.